The van der Waals surface area contributed by atoms with E-state index in [9.17, 15) is 19.4 Å². The molecule has 0 spiro atoms. The molecule has 0 amide bonds. The topological polar surface area (TPSA) is 9.23 Å². The van der Waals surface area contributed by atoms with E-state index in [1.54, 1.807) is 18.2 Å². The third-order valence-corrected chi connectivity index (χ3v) is 2.15. The van der Waals surface area contributed by atoms with Crippen molar-refractivity contribution < 1.29 is 24.2 Å². The van der Waals surface area contributed by atoms with Crippen molar-refractivity contribution in [2.45, 2.75) is 0 Å². The van der Waals surface area contributed by atoms with Crippen molar-refractivity contribution >= 4 is 10.2 Å². The molecule has 16 heavy (non-hydrogen) atoms. The van der Waals surface area contributed by atoms with Crippen LogP contribution >= 0.6 is 10.2 Å². The normalized spacial score (nSPS) is 16.8. The van der Waals surface area contributed by atoms with Crippen LogP contribution in [0.2, 0.25) is 0 Å². The summed E-state index contributed by atoms with van der Waals surface area (Å²) in [7, 11) is -9.44. The highest BCUT2D eigenvalue weighted by Crippen LogP contribution is 2.98. The number of benzene rings is 1. The molecule has 0 saturated heterocycles. The second-order valence-electron chi connectivity index (χ2n) is 3.02. The lowest BCUT2D eigenvalue weighted by Crippen LogP contribution is -2.01. The van der Waals surface area contributed by atoms with Gasteiger partial charge < -0.3 is 4.74 Å². The minimum Gasteiger partial charge on any atom is -0.490 e. The molecule has 0 saturated carbocycles. The minimum atomic E-state index is -9.44. The first kappa shape index (κ1) is 12.8. The third-order valence-electron chi connectivity index (χ3n) is 1.44. The second-order valence-corrected chi connectivity index (χ2v) is 5.35. The van der Waals surface area contributed by atoms with Gasteiger partial charge in [0.25, 0.3) is 0 Å². The fourth-order valence-corrected chi connectivity index (χ4v) is 1.32. The first-order chi connectivity index (χ1) is 7.05. The van der Waals surface area contributed by atoms with Crippen molar-refractivity contribution in [3.63, 3.8) is 0 Å². The van der Waals surface area contributed by atoms with Gasteiger partial charge in [0.05, 0.1) is 5.41 Å². The molecule has 0 heterocycles. The van der Waals surface area contributed by atoms with Gasteiger partial charge in [-0.1, -0.05) is 37.6 Å². The highest BCUT2D eigenvalue weighted by Gasteiger charge is 2.60. The van der Waals surface area contributed by atoms with Crippen molar-refractivity contribution in [1.29, 1.82) is 0 Å². The fraction of sp³-hybridized carbons (Fsp3) is 0.111. The van der Waals surface area contributed by atoms with E-state index in [0.717, 1.165) is 0 Å². The molecule has 92 valence electrons. The predicted molar refractivity (Wildman–Crippen MR) is 54.2 cm³/mol. The van der Waals surface area contributed by atoms with Crippen LogP contribution in [-0.4, -0.2) is 6.61 Å². The maximum atomic E-state index is 11.8. The summed E-state index contributed by atoms with van der Waals surface area (Å²) in [6.45, 7) is -0.560. The molecule has 1 aromatic carbocycles. The summed E-state index contributed by atoms with van der Waals surface area (Å²) < 4.78 is 63.8. The molecule has 1 aromatic rings. The molecular formula is C9H9F5OS. The molecule has 0 radical (unpaired) electrons. The molecule has 0 aliphatic rings. The van der Waals surface area contributed by atoms with Crippen molar-refractivity contribution in [1.82, 2.24) is 0 Å². The molecule has 0 aromatic heterocycles. The average Bonchev–Trinajstić information content (AvgIpc) is 2.11. The van der Waals surface area contributed by atoms with E-state index in [2.05, 4.69) is 0 Å². The van der Waals surface area contributed by atoms with Crippen LogP contribution in [-0.2, 0) is 0 Å². The Hall–Kier alpha value is -1.24. The molecule has 0 atom stereocenters. The number of hydrogen-bond donors (Lipinski definition) is 0. The van der Waals surface area contributed by atoms with Gasteiger partial charge >= 0.3 is 10.2 Å². The van der Waals surface area contributed by atoms with Gasteiger partial charge in [-0.3, -0.25) is 0 Å². The van der Waals surface area contributed by atoms with Crippen LogP contribution < -0.4 is 4.74 Å². The zero-order valence-corrected chi connectivity index (χ0v) is 8.77. The number of hydrogen-bond acceptors (Lipinski definition) is 1. The third kappa shape index (κ3) is 6.28. The SMILES string of the molecule is FS(F)(F)(F)(F)/C=C/COc1ccccc1. The Balaban J connectivity index is 2.53. The van der Waals surface area contributed by atoms with Crippen molar-refractivity contribution in [2.24, 2.45) is 0 Å². The molecule has 0 aliphatic heterocycles. The smallest absolute Gasteiger partial charge is 0.304 e. The Morgan fingerprint density at radius 1 is 1.00 bits per heavy atom. The van der Waals surface area contributed by atoms with Gasteiger partial charge in [0, 0.05) is 0 Å². The minimum absolute atomic E-state index is 0.258. The van der Waals surface area contributed by atoms with Crippen molar-refractivity contribution in [3.05, 3.63) is 41.8 Å². The van der Waals surface area contributed by atoms with Crippen LogP contribution in [0.4, 0.5) is 19.4 Å². The maximum absolute atomic E-state index is 11.8. The molecular weight excluding hydrogens is 251 g/mol. The molecule has 0 aliphatic carbocycles. The maximum Gasteiger partial charge on any atom is 0.304 e. The zero-order valence-electron chi connectivity index (χ0n) is 7.95. The Morgan fingerprint density at radius 3 is 2.06 bits per heavy atom. The summed E-state index contributed by atoms with van der Waals surface area (Å²) in [5.41, 5.74) is 0. The number of rotatable bonds is 4. The summed E-state index contributed by atoms with van der Waals surface area (Å²) in [6.07, 6.45) is 0.258. The summed E-state index contributed by atoms with van der Waals surface area (Å²) in [5.74, 6) is 0.314. The first-order valence-corrected chi connectivity index (χ1v) is 6.17. The number of ether oxygens (including phenoxy) is 1. The van der Waals surface area contributed by atoms with Gasteiger partial charge in [-0.05, 0) is 18.2 Å². The standard InChI is InChI=1S/C9H9F5OS/c10-16(11,12,13,14)8-4-7-15-9-5-2-1-3-6-9/h1-6,8H,7H2/b8-4+. The van der Waals surface area contributed by atoms with Crippen molar-refractivity contribution in [2.75, 3.05) is 6.61 Å². The van der Waals surface area contributed by atoms with E-state index in [-0.39, 0.29) is 6.08 Å². The van der Waals surface area contributed by atoms with Gasteiger partial charge in [-0.2, -0.15) is 0 Å². The quantitative estimate of drug-likeness (QED) is 0.701. The zero-order chi connectivity index (χ0) is 12.3. The van der Waals surface area contributed by atoms with Crippen LogP contribution in [0.15, 0.2) is 41.8 Å². The highest BCUT2D eigenvalue weighted by atomic mass is 32.5. The van der Waals surface area contributed by atoms with E-state index in [0.29, 0.717) is 5.75 Å². The van der Waals surface area contributed by atoms with E-state index in [1.807, 2.05) is 0 Å². The summed E-state index contributed by atoms with van der Waals surface area (Å²) in [5, 5.41) is -1.01. The van der Waals surface area contributed by atoms with Crippen LogP contribution in [0.25, 0.3) is 0 Å². The number of para-hydroxylation sites is 1. The molecule has 1 rings (SSSR count). The molecule has 1 nitrogen and oxygen atoms in total. The van der Waals surface area contributed by atoms with Gasteiger partial charge in [0.2, 0.25) is 0 Å². The van der Waals surface area contributed by atoms with Gasteiger partial charge in [0.1, 0.15) is 12.4 Å². The summed E-state index contributed by atoms with van der Waals surface area (Å²) in [6, 6.07) is 7.94. The average molecular weight is 260 g/mol. The van der Waals surface area contributed by atoms with E-state index in [4.69, 9.17) is 4.74 Å². The molecule has 0 fully saturated rings. The van der Waals surface area contributed by atoms with Crippen LogP contribution in [0.5, 0.6) is 5.75 Å². The predicted octanol–water partition coefficient (Wildman–Crippen LogP) is 4.88. The number of halogens is 5. The largest absolute Gasteiger partial charge is 0.490 e. The second kappa shape index (κ2) is 3.38. The van der Waals surface area contributed by atoms with E-state index < -0.39 is 22.2 Å². The fourth-order valence-electron chi connectivity index (χ4n) is 0.882. The monoisotopic (exact) mass is 260 g/mol. The Bertz CT molecular complexity index is 382. The Morgan fingerprint density at radius 2 is 1.56 bits per heavy atom. The molecule has 0 N–H and O–H groups in total. The van der Waals surface area contributed by atoms with Gasteiger partial charge in [-0.25, -0.2) is 0 Å². The summed E-state index contributed by atoms with van der Waals surface area (Å²) in [4.78, 5) is 0. The van der Waals surface area contributed by atoms with Crippen LogP contribution in [0.1, 0.15) is 0 Å². The molecule has 0 bridgehead atoms. The van der Waals surface area contributed by atoms with Crippen LogP contribution in [0, 0.1) is 0 Å². The lowest BCUT2D eigenvalue weighted by Gasteiger charge is -2.36. The molecule has 0 unspecified atom stereocenters. The van der Waals surface area contributed by atoms with E-state index >= 15 is 0 Å². The lowest BCUT2D eigenvalue weighted by molar-refractivity contribution is 0.359. The van der Waals surface area contributed by atoms with Crippen molar-refractivity contribution in [3.8, 4) is 5.75 Å². The van der Waals surface area contributed by atoms with Gasteiger partial charge in [-0.15, -0.1) is 0 Å². The lowest BCUT2D eigenvalue weighted by atomic mass is 10.3. The van der Waals surface area contributed by atoms with Gasteiger partial charge in [0.15, 0.2) is 0 Å². The first-order valence-electron chi connectivity index (χ1n) is 4.15. The summed E-state index contributed by atoms with van der Waals surface area (Å²) >= 11 is 0. The van der Waals surface area contributed by atoms with Crippen LogP contribution in [0.3, 0.4) is 0 Å². The Kier molecular flexibility index (Phi) is 2.71. The Labute approximate surface area is 89.3 Å². The molecule has 7 heteroatoms. The van der Waals surface area contributed by atoms with E-state index in [1.165, 1.54) is 12.1 Å². The highest BCUT2D eigenvalue weighted by molar-refractivity contribution is 8.48.